The molecule has 1 aromatic rings. The number of rotatable bonds is 6. The van der Waals surface area contributed by atoms with E-state index in [4.69, 9.17) is 4.74 Å². The Labute approximate surface area is 123 Å². The van der Waals surface area contributed by atoms with E-state index in [9.17, 15) is 9.59 Å². The van der Waals surface area contributed by atoms with Gasteiger partial charge in [0.05, 0.1) is 12.5 Å². The molecule has 1 N–H and O–H groups in total. The summed E-state index contributed by atoms with van der Waals surface area (Å²) in [4.78, 5) is 33.4. The van der Waals surface area contributed by atoms with Crippen molar-refractivity contribution < 1.29 is 14.3 Å². The van der Waals surface area contributed by atoms with E-state index in [0.29, 0.717) is 19.0 Å². The first-order valence-electron chi connectivity index (χ1n) is 7.05. The minimum atomic E-state index is -0.354. The predicted octanol–water partition coefficient (Wildman–Crippen LogP) is 0.689. The van der Waals surface area contributed by atoms with Crippen LogP contribution in [0, 0.1) is 5.92 Å². The largest absolute Gasteiger partial charge is 0.464 e. The highest BCUT2D eigenvalue weighted by molar-refractivity contribution is 5.87. The van der Waals surface area contributed by atoms with Crippen molar-refractivity contribution in [1.29, 1.82) is 0 Å². The third-order valence-electron chi connectivity index (χ3n) is 3.31. The summed E-state index contributed by atoms with van der Waals surface area (Å²) >= 11 is 0. The molecule has 2 rings (SSSR count). The number of nitrogens with one attached hydrogen (secondary N) is 1. The van der Waals surface area contributed by atoms with Gasteiger partial charge in [-0.2, -0.15) is 0 Å². The normalized spacial score (nSPS) is 18.1. The number of esters is 1. The molecule has 1 aliphatic heterocycles. The molecular weight excluding hydrogens is 272 g/mol. The maximum atomic E-state index is 11.9. The van der Waals surface area contributed by atoms with E-state index in [2.05, 4.69) is 15.3 Å². The summed E-state index contributed by atoms with van der Waals surface area (Å²) in [6, 6.07) is 1.84. The van der Waals surface area contributed by atoms with E-state index in [1.54, 1.807) is 23.4 Å². The zero-order valence-electron chi connectivity index (χ0n) is 12.3. The maximum absolute atomic E-state index is 11.9. The molecule has 0 aliphatic carbocycles. The second-order valence-corrected chi connectivity index (χ2v) is 5.21. The summed E-state index contributed by atoms with van der Waals surface area (Å²) < 4.78 is 5.19. The minimum absolute atomic E-state index is 0.0164. The van der Waals surface area contributed by atoms with Crippen molar-refractivity contribution in [3.63, 3.8) is 0 Å². The fourth-order valence-electron chi connectivity index (χ4n) is 2.21. The number of nitrogens with zero attached hydrogens (tertiary/aromatic N) is 3. The van der Waals surface area contributed by atoms with Crippen LogP contribution in [-0.2, 0) is 14.3 Å². The van der Waals surface area contributed by atoms with Crippen LogP contribution in [0.2, 0.25) is 0 Å². The topological polar surface area (TPSA) is 84.4 Å². The molecule has 0 saturated carbocycles. The van der Waals surface area contributed by atoms with Crippen molar-refractivity contribution >= 4 is 17.8 Å². The molecule has 2 heterocycles. The Hall–Kier alpha value is -2.18. The number of aromatic nitrogens is 2. The van der Waals surface area contributed by atoms with E-state index < -0.39 is 0 Å². The molecule has 0 aromatic carbocycles. The summed E-state index contributed by atoms with van der Waals surface area (Å²) in [5, 5.41) is 2.95. The Kier molecular flexibility index (Phi) is 5.08. The van der Waals surface area contributed by atoms with E-state index in [-0.39, 0.29) is 36.9 Å². The second kappa shape index (κ2) is 7.01. The average Bonchev–Trinajstić information content (AvgIpc) is 2.87. The Bertz CT molecular complexity index is 492. The molecule has 1 saturated heterocycles. The van der Waals surface area contributed by atoms with Crippen LogP contribution in [0.3, 0.4) is 0 Å². The first-order valence-corrected chi connectivity index (χ1v) is 7.05. The van der Waals surface area contributed by atoms with Crippen LogP contribution in [0.5, 0.6) is 0 Å². The van der Waals surface area contributed by atoms with Crippen LogP contribution in [0.15, 0.2) is 18.5 Å². The number of anilines is 1. The fraction of sp³-hybridized carbons (Fsp3) is 0.571. The molecule has 7 heteroatoms. The second-order valence-electron chi connectivity index (χ2n) is 5.21. The van der Waals surface area contributed by atoms with E-state index >= 15 is 0 Å². The van der Waals surface area contributed by atoms with E-state index in [1.807, 2.05) is 13.8 Å². The van der Waals surface area contributed by atoms with Gasteiger partial charge in [0.25, 0.3) is 0 Å². The molecule has 114 valence electrons. The van der Waals surface area contributed by atoms with Gasteiger partial charge < -0.3 is 15.0 Å². The number of ether oxygens (including phenoxy) is 1. The summed E-state index contributed by atoms with van der Waals surface area (Å²) in [7, 11) is 0. The van der Waals surface area contributed by atoms with Gasteiger partial charge in [-0.1, -0.05) is 0 Å². The third-order valence-corrected chi connectivity index (χ3v) is 3.31. The maximum Gasteiger partial charge on any atom is 0.311 e. The van der Waals surface area contributed by atoms with Crippen molar-refractivity contribution in [3.05, 3.63) is 18.5 Å². The molecule has 1 aliphatic rings. The van der Waals surface area contributed by atoms with Gasteiger partial charge in [-0.05, 0) is 19.9 Å². The Morgan fingerprint density at radius 2 is 2.19 bits per heavy atom. The molecule has 1 aromatic heterocycles. The first kappa shape index (κ1) is 15.2. The number of amides is 1. The van der Waals surface area contributed by atoms with Crippen LogP contribution in [-0.4, -0.2) is 52.5 Å². The van der Waals surface area contributed by atoms with Crippen LogP contribution < -0.4 is 5.32 Å². The molecule has 0 spiro atoms. The highest BCUT2D eigenvalue weighted by atomic mass is 16.5. The Balaban J connectivity index is 1.70. The lowest BCUT2D eigenvalue weighted by Gasteiger charge is -2.20. The van der Waals surface area contributed by atoms with Crippen molar-refractivity contribution in [3.8, 4) is 0 Å². The quantitative estimate of drug-likeness (QED) is 0.613. The van der Waals surface area contributed by atoms with Crippen LogP contribution in [0.4, 0.5) is 5.95 Å². The summed E-state index contributed by atoms with van der Waals surface area (Å²) in [5.41, 5.74) is 0. The van der Waals surface area contributed by atoms with E-state index in [1.165, 1.54) is 0 Å². The van der Waals surface area contributed by atoms with Crippen molar-refractivity contribution in [2.45, 2.75) is 26.3 Å². The lowest BCUT2D eigenvalue weighted by molar-refractivity contribution is -0.148. The van der Waals surface area contributed by atoms with Crippen molar-refractivity contribution in [2.75, 3.05) is 25.0 Å². The van der Waals surface area contributed by atoms with Gasteiger partial charge in [0.1, 0.15) is 6.61 Å². The Morgan fingerprint density at radius 1 is 1.48 bits per heavy atom. The third kappa shape index (κ3) is 4.14. The molecule has 0 radical (unpaired) electrons. The Morgan fingerprint density at radius 3 is 2.81 bits per heavy atom. The van der Waals surface area contributed by atoms with Crippen molar-refractivity contribution in [2.24, 2.45) is 5.92 Å². The zero-order chi connectivity index (χ0) is 15.2. The number of carbonyl (C=O) groups excluding carboxylic acids is 2. The monoisotopic (exact) mass is 292 g/mol. The molecule has 1 fully saturated rings. The van der Waals surface area contributed by atoms with Gasteiger partial charge in [-0.3, -0.25) is 9.59 Å². The lowest BCUT2D eigenvalue weighted by atomic mass is 10.1. The predicted molar refractivity (Wildman–Crippen MR) is 76.4 cm³/mol. The zero-order valence-corrected chi connectivity index (χ0v) is 12.3. The van der Waals surface area contributed by atoms with Gasteiger partial charge >= 0.3 is 5.97 Å². The number of hydrogen-bond donors (Lipinski definition) is 1. The summed E-state index contributed by atoms with van der Waals surface area (Å²) in [6.45, 7) is 4.99. The van der Waals surface area contributed by atoms with Crippen LogP contribution >= 0.6 is 0 Å². The van der Waals surface area contributed by atoms with Gasteiger partial charge in [-0.15, -0.1) is 0 Å². The summed E-state index contributed by atoms with van der Waals surface area (Å²) in [5.74, 6) is -0.159. The van der Waals surface area contributed by atoms with Crippen LogP contribution in [0.1, 0.15) is 20.3 Å². The smallest absolute Gasteiger partial charge is 0.311 e. The molecule has 7 nitrogen and oxygen atoms in total. The van der Waals surface area contributed by atoms with Gasteiger partial charge in [0, 0.05) is 31.4 Å². The molecule has 1 atom stereocenters. The van der Waals surface area contributed by atoms with Crippen molar-refractivity contribution in [1.82, 2.24) is 14.9 Å². The number of likely N-dealkylation sites (tertiary alicyclic amines) is 1. The highest BCUT2D eigenvalue weighted by Crippen LogP contribution is 2.21. The molecule has 21 heavy (non-hydrogen) atoms. The molecule has 1 unspecified atom stereocenters. The lowest BCUT2D eigenvalue weighted by Crippen LogP contribution is -2.33. The van der Waals surface area contributed by atoms with Gasteiger partial charge in [-0.25, -0.2) is 9.97 Å². The van der Waals surface area contributed by atoms with E-state index in [0.717, 1.165) is 0 Å². The minimum Gasteiger partial charge on any atom is -0.464 e. The number of carbonyl (C=O) groups is 2. The molecule has 1 amide bonds. The molecule has 0 bridgehead atoms. The fourth-order valence-corrected chi connectivity index (χ4v) is 2.21. The van der Waals surface area contributed by atoms with Gasteiger partial charge in [0.2, 0.25) is 11.9 Å². The van der Waals surface area contributed by atoms with Crippen LogP contribution in [0.25, 0.3) is 0 Å². The highest BCUT2D eigenvalue weighted by Gasteiger charge is 2.36. The first-order chi connectivity index (χ1) is 10.1. The molecular formula is C14H20N4O3. The van der Waals surface area contributed by atoms with Gasteiger partial charge in [0.15, 0.2) is 0 Å². The summed E-state index contributed by atoms with van der Waals surface area (Å²) in [6.07, 6.45) is 3.50. The SMILES string of the molecule is CC(C)N1CC(C(=O)OCCNc2ncccn2)CC1=O. The standard InChI is InChI=1S/C14H20N4O3/c1-10(2)18-9-11(8-12(18)19)13(20)21-7-6-17-14-15-4-3-5-16-14/h3-5,10-11H,6-9H2,1-2H3,(H,15,16,17). The number of hydrogen-bond acceptors (Lipinski definition) is 6. The average molecular weight is 292 g/mol.